The number of ether oxygens (including phenoxy) is 2. The van der Waals surface area contributed by atoms with Crippen molar-refractivity contribution < 1.29 is 31.9 Å². The summed E-state index contributed by atoms with van der Waals surface area (Å²) in [7, 11) is -1.57. The molecular weight excluding hydrogens is 617 g/mol. The van der Waals surface area contributed by atoms with Crippen LogP contribution in [0, 0.1) is 5.82 Å². The zero-order valence-electron chi connectivity index (χ0n) is 23.3. The number of hydrogen-bond donors (Lipinski definition) is 1. The molecule has 0 fully saturated rings. The Bertz CT molecular complexity index is 1470. The first-order chi connectivity index (χ1) is 19.5. The Morgan fingerprint density at radius 2 is 1.68 bits per heavy atom. The first-order valence-electron chi connectivity index (χ1n) is 12.8. The largest absolute Gasteiger partial charge is 0.493 e. The van der Waals surface area contributed by atoms with Crippen LogP contribution in [0.25, 0.3) is 0 Å². The molecule has 0 unspecified atom stereocenters. The third-order valence-electron chi connectivity index (χ3n) is 6.29. The van der Waals surface area contributed by atoms with E-state index in [-0.39, 0.29) is 28.8 Å². The highest BCUT2D eigenvalue weighted by molar-refractivity contribution is 9.10. The molecule has 41 heavy (non-hydrogen) atoms. The van der Waals surface area contributed by atoms with Crippen LogP contribution >= 0.6 is 15.9 Å². The first-order valence-corrected chi connectivity index (χ1v) is 15.1. The van der Waals surface area contributed by atoms with Gasteiger partial charge in [0, 0.05) is 23.6 Å². The van der Waals surface area contributed by atoms with Gasteiger partial charge in [0.05, 0.1) is 24.8 Å². The Kier molecular flexibility index (Phi) is 11.1. The molecule has 12 heteroatoms. The highest BCUT2D eigenvalue weighted by atomic mass is 79.9. The Morgan fingerprint density at radius 3 is 2.29 bits per heavy atom. The van der Waals surface area contributed by atoms with Crippen molar-refractivity contribution >= 4 is 43.5 Å². The van der Waals surface area contributed by atoms with Crippen LogP contribution in [0.4, 0.5) is 10.1 Å². The number of benzene rings is 3. The topological polar surface area (TPSA) is 105 Å². The minimum absolute atomic E-state index is 0.0483. The Hall–Kier alpha value is -3.64. The van der Waals surface area contributed by atoms with Gasteiger partial charge >= 0.3 is 0 Å². The van der Waals surface area contributed by atoms with Crippen LogP contribution in [0.2, 0.25) is 0 Å². The van der Waals surface area contributed by atoms with E-state index in [1.54, 1.807) is 19.1 Å². The highest BCUT2D eigenvalue weighted by Gasteiger charge is 2.33. The Balaban J connectivity index is 2.06. The number of amides is 2. The van der Waals surface area contributed by atoms with E-state index in [9.17, 15) is 22.4 Å². The van der Waals surface area contributed by atoms with Gasteiger partial charge in [0.25, 0.3) is 10.0 Å². The average molecular weight is 651 g/mol. The molecule has 0 bridgehead atoms. The van der Waals surface area contributed by atoms with E-state index in [0.717, 1.165) is 26.5 Å². The van der Waals surface area contributed by atoms with E-state index >= 15 is 0 Å². The molecule has 0 saturated heterocycles. The number of nitrogens with zero attached hydrogens (tertiary/aromatic N) is 2. The quantitative estimate of drug-likeness (QED) is 0.287. The molecule has 1 atom stereocenters. The van der Waals surface area contributed by atoms with Crippen molar-refractivity contribution in [1.82, 2.24) is 10.2 Å². The van der Waals surface area contributed by atoms with Crippen molar-refractivity contribution in [3.05, 3.63) is 82.6 Å². The summed E-state index contributed by atoms with van der Waals surface area (Å²) in [5, 5.41) is 2.79. The van der Waals surface area contributed by atoms with Crippen LogP contribution in [0.5, 0.6) is 11.5 Å². The normalized spacial score (nSPS) is 11.9. The van der Waals surface area contributed by atoms with Crippen molar-refractivity contribution in [3.8, 4) is 11.5 Å². The average Bonchev–Trinajstić information content (AvgIpc) is 2.97. The lowest BCUT2D eigenvalue weighted by molar-refractivity contribution is -0.139. The van der Waals surface area contributed by atoms with Crippen LogP contribution in [-0.4, -0.2) is 58.5 Å². The number of carbonyl (C=O) groups is 2. The van der Waals surface area contributed by atoms with Gasteiger partial charge in [-0.05, 0) is 67.4 Å². The summed E-state index contributed by atoms with van der Waals surface area (Å²) in [4.78, 5) is 28.0. The van der Waals surface area contributed by atoms with Gasteiger partial charge in [0.2, 0.25) is 11.8 Å². The lowest BCUT2D eigenvalue weighted by Gasteiger charge is -2.32. The van der Waals surface area contributed by atoms with E-state index < -0.39 is 34.3 Å². The summed E-state index contributed by atoms with van der Waals surface area (Å²) < 4.78 is 53.9. The predicted octanol–water partition coefficient (Wildman–Crippen LogP) is 4.74. The molecular formula is C29H33BrFN3O6S. The second kappa shape index (κ2) is 14.3. The molecule has 9 nitrogen and oxygen atoms in total. The molecule has 220 valence electrons. The van der Waals surface area contributed by atoms with Crippen LogP contribution in [-0.2, 0) is 26.2 Å². The summed E-state index contributed by atoms with van der Waals surface area (Å²) >= 11 is 3.42. The molecule has 0 radical (unpaired) electrons. The van der Waals surface area contributed by atoms with Gasteiger partial charge in [-0.1, -0.05) is 35.0 Å². The number of halogens is 2. The van der Waals surface area contributed by atoms with Gasteiger partial charge in [0.15, 0.2) is 11.5 Å². The molecule has 0 aliphatic rings. The minimum Gasteiger partial charge on any atom is -0.493 e. The molecule has 3 aromatic rings. The molecule has 2 amide bonds. The zero-order valence-corrected chi connectivity index (χ0v) is 25.7. The lowest BCUT2D eigenvalue weighted by Crippen LogP contribution is -2.51. The zero-order chi connectivity index (χ0) is 30.2. The standard InChI is InChI=1S/C29H33BrFN3O6S/c1-5-15-32-29(36)20(2)33(18-21-7-6-8-22(30)16-21)28(35)19-34(24-11-9-23(31)10-12-24)41(37,38)25-13-14-26(39-3)27(17-25)40-4/h6-14,16-17,20H,5,15,18-19H2,1-4H3,(H,32,36)/t20-/m0/s1. The van der Waals surface area contributed by atoms with Crippen molar-refractivity contribution in [1.29, 1.82) is 0 Å². The number of hydrogen-bond acceptors (Lipinski definition) is 6. The molecule has 0 saturated carbocycles. The predicted molar refractivity (Wildman–Crippen MR) is 158 cm³/mol. The van der Waals surface area contributed by atoms with E-state index in [1.807, 2.05) is 19.1 Å². The molecule has 0 heterocycles. The summed E-state index contributed by atoms with van der Waals surface area (Å²) in [5.41, 5.74) is 0.805. The fourth-order valence-corrected chi connectivity index (χ4v) is 5.93. The van der Waals surface area contributed by atoms with Gasteiger partial charge in [-0.25, -0.2) is 12.8 Å². The number of methoxy groups -OCH3 is 2. The lowest BCUT2D eigenvalue weighted by atomic mass is 10.1. The summed E-state index contributed by atoms with van der Waals surface area (Å²) in [5.74, 6) is -1.07. The molecule has 0 aliphatic carbocycles. The molecule has 0 aromatic heterocycles. The third kappa shape index (κ3) is 7.98. The molecule has 3 aromatic carbocycles. The van der Waals surface area contributed by atoms with Gasteiger partial charge < -0.3 is 19.7 Å². The molecule has 1 N–H and O–H groups in total. The summed E-state index contributed by atoms with van der Waals surface area (Å²) in [6.07, 6.45) is 0.708. The van der Waals surface area contributed by atoms with Crippen LogP contribution < -0.4 is 19.1 Å². The fraction of sp³-hybridized carbons (Fsp3) is 0.310. The van der Waals surface area contributed by atoms with Gasteiger partial charge in [-0.15, -0.1) is 0 Å². The maximum atomic E-state index is 14.0. The monoisotopic (exact) mass is 649 g/mol. The smallest absolute Gasteiger partial charge is 0.264 e. The molecule has 0 spiro atoms. The van der Waals surface area contributed by atoms with Crippen LogP contribution in [0.1, 0.15) is 25.8 Å². The van der Waals surface area contributed by atoms with Crippen molar-refractivity contribution in [3.63, 3.8) is 0 Å². The number of rotatable bonds is 13. The van der Waals surface area contributed by atoms with Crippen LogP contribution in [0.15, 0.2) is 76.1 Å². The highest BCUT2D eigenvalue weighted by Crippen LogP contribution is 2.32. The maximum absolute atomic E-state index is 14.0. The third-order valence-corrected chi connectivity index (χ3v) is 8.56. The number of anilines is 1. The summed E-state index contributed by atoms with van der Waals surface area (Å²) in [6.45, 7) is 3.33. The molecule has 3 rings (SSSR count). The first kappa shape index (κ1) is 31.9. The SMILES string of the molecule is CCCNC(=O)[C@H](C)N(Cc1cccc(Br)c1)C(=O)CN(c1ccc(F)cc1)S(=O)(=O)c1ccc(OC)c(OC)c1. The maximum Gasteiger partial charge on any atom is 0.264 e. The van der Waals surface area contributed by atoms with E-state index in [0.29, 0.717) is 18.7 Å². The van der Waals surface area contributed by atoms with Crippen molar-refractivity contribution in [2.75, 3.05) is 31.6 Å². The van der Waals surface area contributed by atoms with Crippen molar-refractivity contribution in [2.24, 2.45) is 0 Å². The fourth-order valence-electron chi connectivity index (χ4n) is 4.05. The number of carbonyl (C=O) groups excluding carboxylic acids is 2. The minimum atomic E-state index is -4.37. The van der Waals surface area contributed by atoms with Gasteiger partial charge in [0.1, 0.15) is 18.4 Å². The summed E-state index contributed by atoms with van der Waals surface area (Å²) in [6, 6.07) is 15.2. The van der Waals surface area contributed by atoms with Gasteiger partial charge in [-0.3, -0.25) is 13.9 Å². The van der Waals surface area contributed by atoms with E-state index in [4.69, 9.17) is 9.47 Å². The number of sulfonamides is 1. The Morgan fingerprint density at radius 1 is 1.00 bits per heavy atom. The second-order valence-corrected chi connectivity index (χ2v) is 11.9. The second-order valence-electron chi connectivity index (χ2n) is 9.12. The molecule has 0 aliphatic heterocycles. The van der Waals surface area contributed by atoms with Crippen molar-refractivity contribution in [2.45, 2.75) is 37.8 Å². The van der Waals surface area contributed by atoms with Gasteiger partial charge in [-0.2, -0.15) is 0 Å². The Labute approximate surface area is 248 Å². The van der Waals surface area contributed by atoms with E-state index in [2.05, 4.69) is 21.2 Å². The van der Waals surface area contributed by atoms with Crippen LogP contribution in [0.3, 0.4) is 0 Å². The number of nitrogens with one attached hydrogen (secondary N) is 1. The van der Waals surface area contributed by atoms with E-state index in [1.165, 1.54) is 49.5 Å².